The zero-order valence-electron chi connectivity index (χ0n) is 15.8. The third kappa shape index (κ3) is 1.15. The molecule has 0 aromatic carbocycles. The van der Waals surface area contributed by atoms with Crippen molar-refractivity contribution in [1.82, 2.24) is 0 Å². The number of carbonyl (C=O) groups excluding carboxylic acids is 1. The number of fused-ring (bicyclic) bond motifs is 4. The van der Waals surface area contributed by atoms with Gasteiger partial charge in [0.05, 0.1) is 6.10 Å². The monoisotopic (exact) mass is 358 g/mol. The smallest absolute Gasteiger partial charge is 0.334 e. The highest BCUT2D eigenvalue weighted by Crippen LogP contribution is 2.84. The third-order valence-corrected chi connectivity index (χ3v) is 9.59. The Kier molecular flexibility index (Phi) is 2.21. The zero-order chi connectivity index (χ0) is 17.9. The lowest BCUT2D eigenvalue weighted by molar-refractivity contribution is -0.136. The largest absolute Gasteiger partial charge is 0.458 e. The van der Waals surface area contributed by atoms with Crippen LogP contribution in [0.15, 0.2) is 11.1 Å². The average Bonchev–Trinajstić information content (AvgIpc) is 3.47. The van der Waals surface area contributed by atoms with Crippen LogP contribution in [-0.4, -0.2) is 47.7 Å². The van der Waals surface area contributed by atoms with E-state index >= 15 is 0 Å². The van der Waals surface area contributed by atoms with Gasteiger partial charge in [0, 0.05) is 16.9 Å². The molecule has 0 amide bonds. The van der Waals surface area contributed by atoms with E-state index in [1.165, 1.54) is 5.57 Å². The van der Waals surface area contributed by atoms with Crippen LogP contribution in [0, 0.1) is 23.2 Å². The molecule has 140 valence electrons. The summed E-state index contributed by atoms with van der Waals surface area (Å²) in [6.45, 7) is 9.74. The molecule has 0 bridgehead atoms. The number of ether oxygens (including phenoxy) is 4. The normalized spacial score (nSPS) is 63.1. The Morgan fingerprint density at radius 3 is 2.73 bits per heavy atom. The number of carbonyl (C=O) groups is 1. The van der Waals surface area contributed by atoms with E-state index in [0.29, 0.717) is 24.4 Å². The molecule has 2 saturated carbocycles. The lowest BCUT2D eigenvalue weighted by Gasteiger charge is -2.53. The molecule has 2 spiro atoms. The molecule has 3 aliphatic carbocycles. The molecule has 2 unspecified atom stereocenters. The molecule has 5 heteroatoms. The molecule has 5 nitrogen and oxygen atoms in total. The minimum absolute atomic E-state index is 0.000823. The van der Waals surface area contributed by atoms with Gasteiger partial charge in [0.2, 0.25) is 0 Å². The number of esters is 1. The maximum Gasteiger partial charge on any atom is 0.334 e. The van der Waals surface area contributed by atoms with Gasteiger partial charge in [0.15, 0.2) is 0 Å². The third-order valence-electron chi connectivity index (χ3n) is 9.59. The quantitative estimate of drug-likeness (QED) is 0.532. The molecule has 0 aromatic rings. The summed E-state index contributed by atoms with van der Waals surface area (Å²) in [4.78, 5) is 12.1. The van der Waals surface area contributed by atoms with Crippen LogP contribution in [0.2, 0.25) is 0 Å². The molecule has 0 radical (unpaired) electrons. The van der Waals surface area contributed by atoms with Crippen molar-refractivity contribution in [2.45, 2.75) is 82.1 Å². The van der Waals surface area contributed by atoms with E-state index in [0.717, 1.165) is 24.8 Å². The van der Waals surface area contributed by atoms with Crippen molar-refractivity contribution in [2.75, 3.05) is 6.61 Å². The fraction of sp³-hybridized carbons (Fsp3) is 0.857. The highest BCUT2D eigenvalue weighted by molar-refractivity contribution is 5.92. The maximum absolute atomic E-state index is 12.1. The summed E-state index contributed by atoms with van der Waals surface area (Å²) in [6, 6.07) is 0. The van der Waals surface area contributed by atoms with Gasteiger partial charge in [-0.05, 0) is 36.7 Å². The van der Waals surface area contributed by atoms with E-state index in [1.807, 2.05) is 0 Å². The predicted molar refractivity (Wildman–Crippen MR) is 90.2 cm³/mol. The topological polar surface area (TPSA) is 63.9 Å². The highest BCUT2D eigenvalue weighted by atomic mass is 16.7. The van der Waals surface area contributed by atoms with Crippen molar-refractivity contribution < 1.29 is 23.7 Å². The Bertz CT molecular complexity index is 817. The van der Waals surface area contributed by atoms with E-state index in [-0.39, 0.29) is 46.5 Å². The van der Waals surface area contributed by atoms with Gasteiger partial charge in [-0.15, -0.1) is 0 Å². The first-order valence-corrected chi connectivity index (χ1v) is 10.3. The lowest BCUT2D eigenvalue weighted by Crippen LogP contribution is -2.66. The molecule has 7 rings (SSSR count). The minimum Gasteiger partial charge on any atom is -0.458 e. The van der Waals surface area contributed by atoms with Crippen LogP contribution in [0.4, 0.5) is 0 Å². The van der Waals surface area contributed by atoms with E-state index in [1.54, 1.807) is 0 Å². The van der Waals surface area contributed by atoms with Gasteiger partial charge >= 0.3 is 5.97 Å². The number of hydrogen-bond donors (Lipinski definition) is 0. The molecule has 7 aliphatic rings. The van der Waals surface area contributed by atoms with Crippen LogP contribution in [0.3, 0.4) is 0 Å². The van der Waals surface area contributed by atoms with Crippen LogP contribution >= 0.6 is 0 Å². The summed E-state index contributed by atoms with van der Waals surface area (Å²) in [5.41, 5.74) is 1.67. The Labute approximate surface area is 153 Å². The number of epoxide rings is 3. The van der Waals surface area contributed by atoms with Gasteiger partial charge in [-0.1, -0.05) is 27.7 Å². The van der Waals surface area contributed by atoms with Crippen LogP contribution < -0.4 is 0 Å². The van der Waals surface area contributed by atoms with Crippen molar-refractivity contribution in [2.24, 2.45) is 23.2 Å². The summed E-state index contributed by atoms with van der Waals surface area (Å²) >= 11 is 0. The molecule has 9 atom stereocenters. The Morgan fingerprint density at radius 1 is 1.15 bits per heavy atom. The van der Waals surface area contributed by atoms with E-state index in [4.69, 9.17) is 18.9 Å². The van der Waals surface area contributed by atoms with E-state index in [2.05, 4.69) is 27.7 Å². The fourth-order valence-corrected chi connectivity index (χ4v) is 8.27. The number of hydrogen-bond acceptors (Lipinski definition) is 5. The van der Waals surface area contributed by atoms with Gasteiger partial charge in [-0.3, -0.25) is 0 Å². The molecular formula is C21H26O5. The first kappa shape index (κ1) is 15.1. The zero-order valence-corrected chi connectivity index (χ0v) is 15.8. The number of cyclic esters (lactones) is 1. The van der Waals surface area contributed by atoms with Gasteiger partial charge in [0.1, 0.15) is 35.6 Å². The first-order valence-electron chi connectivity index (χ1n) is 10.3. The van der Waals surface area contributed by atoms with Gasteiger partial charge in [-0.25, -0.2) is 4.79 Å². The van der Waals surface area contributed by atoms with Crippen molar-refractivity contribution >= 4 is 5.97 Å². The van der Waals surface area contributed by atoms with E-state index < -0.39 is 0 Å². The van der Waals surface area contributed by atoms with Crippen molar-refractivity contribution in [3.8, 4) is 0 Å². The number of rotatable bonds is 1. The van der Waals surface area contributed by atoms with Gasteiger partial charge in [-0.2, -0.15) is 0 Å². The fourth-order valence-electron chi connectivity index (χ4n) is 8.27. The summed E-state index contributed by atoms with van der Waals surface area (Å²) in [6.07, 6.45) is 3.37. The molecule has 0 N–H and O–H groups in total. The summed E-state index contributed by atoms with van der Waals surface area (Å²) in [5, 5.41) is 0. The minimum atomic E-state index is -0.239. The van der Waals surface area contributed by atoms with Crippen molar-refractivity contribution in [3.05, 3.63) is 11.1 Å². The second kappa shape index (κ2) is 3.81. The second-order valence-corrected chi connectivity index (χ2v) is 10.2. The predicted octanol–water partition coefficient (Wildman–Crippen LogP) is 2.38. The van der Waals surface area contributed by atoms with Crippen LogP contribution in [0.5, 0.6) is 0 Å². The second-order valence-electron chi connectivity index (χ2n) is 10.2. The molecular weight excluding hydrogens is 332 g/mol. The Balaban J connectivity index is 1.39. The Morgan fingerprint density at radius 2 is 1.96 bits per heavy atom. The average molecular weight is 358 g/mol. The Hall–Kier alpha value is -0.910. The van der Waals surface area contributed by atoms with Crippen molar-refractivity contribution in [3.63, 3.8) is 0 Å². The van der Waals surface area contributed by atoms with Crippen LogP contribution in [0.25, 0.3) is 0 Å². The van der Waals surface area contributed by atoms with Crippen molar-refractivity contribution in [1.29, 1.82) is 0 Å². The molecule has 4 aliphatic heterocycles. The molecule has 3 saturated heterocycles. The summed E-state index contributed by atoms with van der Waals surface area (Å²) in [7, 11) is 0. The maximum atomic E-state index is 12.1. The lowest BCUT2D eigenvalue weighted by atomic mass is 9.45. The van der Waals surface area contributed by atoms with Crippen LogP contribution in [0.1, 0.15) is 47.0 Å². The molecule has 4 heterocycles. The first-order chi connectivity index (χ1) is 12.3. The van der Waals surface area contributed by atoms with E-state index in [9.17, 15) is 4.79 Å². The summed E-state index contributed by atoms with van der Waals surface area (Å²) in [5.74, 6) is 1.05. The highest BCUT2D eigenvalue weighted by Gasteiger charge is 2.99. The molecule has 0 aromatic heterocycles. The SMILES string of the molecule is CC(C)[C@]12O[C@H]1[C@@H]1O[C@@]13[C@@]1(C)CCC4=C(COC4=O)C1C[C@@H]1O[C@@]13C2C. The molecule has 26 heavy (non-hydrogen) atoms. The van der Waals surface area contributed by atoms with Gasteiger partial charge < -0.3 is 18.9 Å². The molecule has 5 fully saturated rings. The summed E-state index contributed by atoms with van der Waals surface area (Å²) < 4.78 is 25.0. The van der Waals surface area contributed by atoms with Gasteiger partial charge in [0.25, 0.3) is 0 Å². The standard InChI is InChI=1S/C21H26O5/c1-9(2)19-10(3)20-14(24-20)7-13-12-8-23-17(22)11(12)5-6-18(13,4)21(20)16(26-21)15(19)25-19/h9-10,13-16H,5-8H2,1-4H3/t10?,13?,14-,15-,16-,18-,19+,20-,21+/m0/s1. The van der Waals surface area contributed by atoms with Crippen LogP contribution in [-0.2, 0) is 23.7 Å².